The van der Waals surface area contributed by atoms with Crippen LogP contribution in [0, 0.1) is 11.6 Å². The number of nitrogens with zero attached hydrogens (tertiary/aromatic N) is 3. The van der Waals surface area contributed by atoms with E-state index < -0.39 is 23.2 Å². The minimum absolute atomic E-state index is 0.0135. The number of aromatic nitrogens is 3. The number of nitrogens with one attached hydrogen (secondary N) is 1. The minimum Gasteiger partial charge on any atom is -0.496 e. The van der Waals surface area contributed by atoms with Crippen LogP contribution in [-0.2, 0) is 7.05 Å². The van der Waals surface area contributed by atoms with E-state index >= 15 is 0 Å². The van der Waals surface area contributed by atoms with Gasteiger partial charge >= 0.3 is 0 Å². The zero-order valence-corrected chi connectivity index (χ0v) is 16.5. The summed E-state index contributed by atoms with van der Waals surface area (Å²) >= 11 is 0. The number of aryl methyl sites for hydroxylation is 1. The molecule has 31 heavy (non-hydrogen) atoms. The van der Waals surface area contributed by atoms with Crippen molar-refractivity contribution in [1.82, 2.24) is 14.8 Å². The van der Waals surface area contributed by atoms with Gasteiger partial charge in [-0.1, -0.05) is 6.07 Å². The third-order valence-corrected chi connectivity index (χ3v) is 4.63. The number of methoxy groups -OCH3 is 1. The normalized spacial score (nSPS) is 10.8. The first-order valence-electron chi connectivity index (χ1n) is 9.06. The summed E-state index contributed by atoms with van der Waals surface area (Å²) in [5, 5.41) is 6.34. The Labute approximate surface area is 175 Å². The van der Waals surface area contributed by atoms with Crippen LogP contribution in [0.5, 0.6) is 5.75 Å². The molecule has 4 aromatic rings. The fourth-order valence-electron chi connectivity index (χ4n) is 3.21. The molecule has 4 rings (SSSR count). The van der Waals surface area contributed by atoms with Gasteiger partial charge < -0.3 is 20.2 Å². The second kappa shape index (κ2) is 7.90. The van der Waals surface area contributed by atoms with E-state index in [4.69, 9.17) is 14.9 Å². The number of ether oxygens (including phenoxy) is 1. The van der Waals surface area contributed by atoms with Crippen molar-refractivity contribution in [2.45, 2.75) is 0 Å². The standard InChI is InChI=1S/C21H17F2N5O3/c1-28-19(12-10-11(6-7-15(12)30-2)21-25-8-9-31-21)16(24)18(27-28)20(29)26-17-13(22)4-3-5-14(17)23/h3-10H,24H2,1-2H3,(H,26,29). The highest BCUT2D eigenvalue weighted by molar-refractivity contribution is 6.08. The van der Waals surface area contributed by atoms with E-state index in [1.165, 1.54) is 30.3 Å². The van der Waals surface area contributed by atoms with E-state index in [1.807, 2.05) is 0 Å². The first-order chi connectivity index (χ1) is 14.9. The van der Waals surface area contributed by atoms with Crippen LogP contribution >= 0.6 is 0 Å². The SMILES string of the molecule is COc1ccc(-c2ncco2)cc1-c1c(N)c(C(=O)Nc2c(F)cccc2F)nn1C. The number of benzene rings is 2. The Morgan fingerprint density at radius 3 is 2.61 bits per heavy atom. The molecule has 2 aromatic heterocycles. The number of nitrogen functional groups attached to an aromatic ring is 1. The van der Waals surface area contributed by atoms with E-state index in [0.717, 1.165) is 12.1 Å². The molecule has 0 spiro atoms. The zero-order chi connectivity index (χ0) is 22.1. The molecule has 2 heterocycles. The van der Waals surface area contributed by atoms with Crippen molar-refractivity contribution in [2.24, 2.45) is 7.05 Å². The van der Waals surface area contributed by atoms with E-state index in [9.17, 15) is 13.6 Å². The number of nitrogens with two attached hydrogens (primary N) is 1. The van der Waals surface area contributed by atoms with Crippen LogP contribution in [0.25, 0.3) is 22.7 Å². The van der Waals surface area contributed by atoms with Crippen LogP contribution in [0.1, 0.15) is 10.5 Å². The second-order valence-corrected chi connectivity index (χ2v) is 6.54. The maximum Gasteiger partial charge on any atom is 0.278 e. The highest BCUT2D eigenvalue weighted by Crippen LogP contribution is 2.38. The number of oxazole rings is 1. The average molecular weight is 425 g/mol. The van der Waals surface area contributed by atoms with E-state index in [1.54, 1.807) is 25.2 Å². The lowest BCUT2D eigenvalue weighted by molar-refractivity contribution is 0.102. The lowest BCUT2D eigenvalue weighted by Gasteiger charge is -2.11. The maximum atomic E-state index is 13.9. The van der Waals surface area contributed by atoms with Crippen LogP contribution < -0.4 is 15.8 Å². The molecule has 1 amide bonds. The Morgan fingerprint density at radius 1 is 1.23 bits per heavy atom. The second-order valence-electron chi connectivity index (χ2n) is 6.54. The summed E-state index contributed by atoms with van der Waals surface area (Å²) in [4.78, 5) is 16.8. The summed E-state index contributed by atoms with van der Waals surface area (Å²) in [6.45, 7) is 0. The topological polar surface area (TPSA) is 108 Å². The monoisotopic (exact) mass is 425 g/mol. The van der Waals surface area contributed by atoms with Gasteiger partial charge in [0.1, 0.15) is 29.3 Å². The molecule has 0 atom stereocenters. The van der Waals surface area contributed by atoms with Gasteiger partial charge in [0.15, 0.2) is 5.69 Å². The molecular formula is C21H17F2N5O3. The molecule has 158 valence electrons. The first-order valence-corrected chi connectivity index (χ1v) is 9.06. The molecule has 0 radical (unpaired) electrons. The van der Waals surface area contributed by atoms with Crippen LogP contribution in [0.2, 0.25) is 0 Å². The van der Waals surface area contributed by atoms with Gasteiger partial charge in [-0.15, -0.1) is 0 Å². The summed E-state index contributed by atoms with van der Waals surface area (Å²) in [6.07, 6.45) is 2.96. The first kappa shape index (κ1) is 20.1. The zero-order valence-electron chi connectivity index (χ0n) is 16.5. The molecular weight excluding hydrogens is 408 g/mol. The average Bonchev–Trinajstić information content (AvgIpc) is 3.38. The minimum atomic E-state index is -0.914. The van der Waals surface area contributed by atoms with Crippen molar-refractivity contribution in [3.8, 4) is 28.5 Å². The Bertz CT molecular complexity index is 1250. The van der Waals surface area contributed by atoms with Crippen LogP contribution in [0.3, 0.4) is 0 Å². The van der Waals surface area contributed by atoms with Crippen LogP contribution in [-0.4, -0.2) is 27.8 Å². The molecule has 0 unspecified atom stereocenters. The number of halogens is 2. The summed E-state index contributed by atoms with van der Waals surface area (Å²) in [5.41, 5.74) is 7.04. The molecule has 3 N–H and O–H groups in total. The van der Waals surface area contributed by atoms with Crippen molar-refractivity contribution in [3.63, 3.8) is 0 Å². The van der Waals surface area contributed by atoms with Crippen molar-refractivity contribution >= 4 is 17.3 Å². The summed E-state index contributed by atoms with van der Waals surface area (Å²) in [7, 11) is 3.08. The summed E-state index contributed by atoms with van der Waals surface area (Å²) < 4.78 is 40.0. The predicted molar refractivity (Wildman–Crippen MR) is 109 cm³/mol. The molecule has 0 saturated heterocycles. The van der Waals surface area contributed by atoms with Gasteiger partial charge in [-0.25, -0.2) is 13.8 Å². The van der Waals surface area contributed by atoms with Crippen LogP contribution in [0.4, 0.5) is 20.2 Å². The predicted octanol–water partition coefficient (Wildman–Crippen LogP) is 3.86. The van der Waals surface area contributed by atoms with Crippen molar-refractivity contribution in [2.75, 3.05) is 18.2 Å². The summed E-state index contributed by atoms with van der Waals surface area (Å²) in [6, 6.07) is 8.46. The molecule has 10 heteroatoms. The van der Waals surface area contributed by atoms with E-state index in [-0.39, 0.29) is 11.4 Å². The largest absolute Gasteiger partial charge is 0.496 e. The van der Waals surface area contributed by atoms with Gasteiger partial charge in [0, 0.05) is 18.2 Å². The van der Waals surface area contributed by atoms with Gasteiger partial charge in [-0.2, -0.15) is 5.10 Å². The van der Waals surface area contributed by atoms with Crippen molar-refractivity contribution in [3.05, 3.63) is 66.2 Å². The third kappa shape index (κ3) is 3.59. The number of amides is 1. The van der Waals surface area contributed by atoms with Gasteiger partial charge in [0.05, 0.1) is 24.7 Å². The highest BCUT2D eigenvalue weighted by Gasteiger charge is 2.25. The Morgan fingerprint density at radius 2 is 1.97 bits per heavy atom. The number of carbonyl (C=O) groups excluding carboxylic acids is 1. The van der Waals surface area contributed by atoms with E-state index in [2.05, 4.69) is 15.4 Å². The summed E-state index contributed by atoms with van der Waals surface area (Å²) in [5.74, 6) is -1.83. The lowest BCUT2D eigenvalue weighted by Crippen LogP contribution is -2.16. The Hall–Kier alpha value is -4.21. The third-order valence-electron chi connectivity index (χ3n) is 4.63. The highest BCUT2D eigenvalue weighted by atomic mass is 19.1. The Kier molecular flexibility index (Phi) is 5.12. The molecule has 0 aliphatic rings. The molecule has 2 aromatic carbocycles. The fraction of sp³-hybridized carbons (Fsp3) is 0.0952. The molecule has 0 bridgehead atoms. The molecule has 0 fully saturated rings. The Balaban J connectivity index is 1.77. The van der Waals surface area contributed by atoms with Gasteiger partial charge in [-0.05, 0) is 30.3 Å². The van der Waals surface area contributed by atoms with Crippen LogP contribution in [0.15, 0.2) is 53.3 Å². The van der Waals surface area contributed by atoms with Crippen molar-refractivity contribution < 1.29 is 22.7 Å². The fourth-order valence-corrected chi connectivity index (χ4v) is 3.21. The van der Waals surface area contributed by atoms with Gasteiger partial charge in [0.25, 0.3) is 5.91 Å². The quantitative estimate of drug-likeness (QED) is 0.503. The van der Waals surface area contributed by atoms with Crippen molar-refractivity contribution in [1.29, 1.82) is 0 Å². The number of hydrogen-bond donors (Lipinski definition) is 2. The maximum absolute atomic E-state index is 13.9. The van der Waals surface area contributed by atoms with E-state index in [0.29, 0.717) is 28.5 Å². The molecule has 0 aliphatic heterocycles. The molecule has 8 nitrogen and oxygen atoms in total. The molecule has 0 aliphatic carbocycles. The number of rotatable bonds is 5. The smallest absolute Gasteiger partial charge is 0.278 e. The number of anilines is 2. The van der Waals surface area contributed by atoms with Gasteiger partial charge in [0.2, 0.25) is 5.89 Å². The lowest BCUT2D eigenvalue weighted by atomic mass is 10.0. The van der Waals surface area contributed by atoms with Gasteiger partial charge in [-0.3, -0.25) is 9.48 Å². The number of carbonyl (C=O) groups is 1. The molecule has 0 saturated carbocycles. The number of para-hydroxylation sites is 1. The number of hydrogen-bond acceptors (Lipinski definition) is 6.